The summed E-state index contributed by atoms with van der Waals surface area (Å²) in [5, 5.41) is 0. The van der Waals surface area contributed by atoms with Crippen LogP contribution >= 0.6 is 0 Å². The quantitative estimate of drug-likeness (QED) is 0.112. The van der Waals surface area contributed by atoms with E-state index < -0.39 is 22.4 Å². The maximum absolute atomic E-state index is 6.76. The fourth-order valence-electron chi connectivity index (χ4n) is 16.9. The van der Waals surface area contributed by atoms with E-state index in [-0.39, 0.29) is 48.8 Å². The summed E-state index contributed by atoms with van der Waals surface area (Å²) in [6.45, 7) is 10.8. The molecule has 31 rings (SSSR count). The van der Waals surface area contributed by atoms with Gasteiger partial charge in [-0.15, -0.1) is 0 Å². The number of methoxy groups -OCH3 is 4. The predicted octanol–water partition coefficient (Wildman–Crippen LogP) is 20.1. The van der Waals surface area contributed by atoms with E-state index in [1.165, 1.54) is 83.5 Å². The van der Waals surface area contributed by atoms with Crippen molar-refractivity contribution in [2.45, 2.75) is 174 Å². The third-order valence-electron chi connectivity index (χ3n) is 23.8. The summed E-state index contributed by atoms with van der Waals surface area (Å²) in [5.41, 5.74) is 18.4. The predicted molar refractivity (Wildman–Crippen MR) is 369 cm³/mol. The molecule has 8 heteroatoms. The van der Waals surface area contributed by atoms with E-state index in [0.717, 1.165) is 108 Å². The Hall–Kier alpha value is -6.56. The van der Waals surface area contributed by atoms with Gasteiger partial charge in [-0.25, -0.2) is 0 Å². The summed E-state index contributed by atoms with van der Waals surface area (Å²) in [7, 11) is 6.85. The van der Waals surface area contributed by atoms with Crippen LogP contribution in [0.1, 0.15) is 175 Å². The fraction of sp³-hybridized carbons (Fsp3) is 0.429. The van der Waals surface area contributed by atoms with Gasteiger partial charge < -0.3 is 37.9 Å². The van der Waals surface area contributed by atoms with Crippen LogP contribution in [0, 0.1) is 0 Å². The lowest BCUT2D eigenvalue weighted by Crippen LogP contribution is -2.43. The molecule has 8 aromatic rings. The van der Waals surface area contributed by atoms with Crippen molar-refractivity contribution >= 4 is 0 Å². The molecular formula is C84H96O8. The molecule has 0 aliphatic heterocycles. The van der Waals surface area contributed by atoms with Crippen LogP contribution in [0.2, 0.25) is 0 Å². The van der Waals surface area contributed by atoms with E-state index in [4.69, 9.17) is 37.9 Å². The Balaban J connectivity index is 0.783. The van der Waals surface area contributed by atoms with Crippen molar-refractivity contribution in [1.29, 1.82) is 0 Å². The van der Waals surface area contributed by atoms with Gasteiger partial charge in [0, 0.05) is 28.4 Å². The van der Waals surface area contributed by atoms with Crippen LogP contribution in [-0.2, 0) is 82.0 Å². The third kappa shape index (κ3) is 12.4. The molecule has 480 valence electrons. The lowest BCUT2D eigenvalue weighted by atomic mass is 9.60. The molecule has 8 nitrogen and oxygen atoms in total. The molecule has 23 aliphatic rings. The molecule has 0 spiro atoms. The number of hydrogen-bond donors (Lipinski definition) is 0. The second-order valence-electron chi connectivity index (χ2n) is 29.0. The molecule has 0 heterocycles. The Bertz CT molecular complexity index is 3710. The topological polar surface area (TPSA) is 73.8 Å². The molecule has 0 aromatic heterocycles. The van der Waals surface area contributed by atoms with Gasteiger partial charge in [0.25, 0.3) is 0 Å². The molecule has 0 saturated heterocycles. The van der Waals surface area contributed by atoms with Gasteiger partial charge in [-0.3, -0.25) is 0 Å². The van der Waals surface area contributed by atoms with E-state index >= 15 is 0 Å². The van der Waals surface area contributed by atoms with Crippen LogP contribution in [0.4, 0.5) is 0 Å². The van der Waals surface area contributed by atoms with Crippen molar-refractivity contribution in [2.24, 2.45) is 0 Å². The SMILES string of the molecule is COCOC12CCC(C)(CC1)c1ccc(cc1)-c1ccc(cc1)C1(C)CCC(C)(CC1)c1ccc(cc1)-c1ccc(cc1)C1(OCOC)CCC(OCOC)(CC1)c1ccc(cc1)-c1ccc(cc1)C1(C)CCC(OCOC)(CC1)c1ccc(cc1)-c1ccc2cc1. The van der Waals surface area contributed by atoms with Crippen LogP contribution in [0.3, 0.4) is 0 Å². The molecule has 0 unspecified atom stereocenters. The molecule has 0 N–H and O–H groups in total. The zero-order chi connectivity index (χ0) is 63.7. The van der Waals surface area contributed by atoms with Crippen molar-refractivity contribution in [3.63, 3.8) is 0 Å². The number of hydrogen-bond acceptors (Lipinski definition) is 8. The first kappa shape index (κ1) is 64.2. The van der Waals surface area contributed by atoms with E-state index in [1.54, 1.807) is 28.4 Å². The van der Waals surface area contributed by atoms with Crippen LogP contribution in [0.25, 0.3) is 44.5 Å². The molecule has 8 aromatic carbocycles. The Kier molecular flexibility index (Phi) is 18.4. The lowest BCUT2D eigenvalue weighted by Gasteiger charge is -2.46. The molecule has 4 saturated carbocycles. The van der Waals surface area contributed by atoms with Crippen LogP contribution in [0.5, 0.6) is 0 Å². The third-order valence-corrected chi connectivity index (χ3v) is 23.8. The van der Waals surface area contributed by atoms with Crippen LogP contribution < -0.4 is 0 Å². The van der Waals surface area contributed by atoms with E-state index in [1.807, 2.05) is 0 Å². The second-order valence-corrected chi connectivity index (χ2v) is 29.0. The average Bonchev–Trinajstić information content (AvgIpc) is 0.829. The Morgan fingerprint density at radius 3 is 0.478 bits per heavy atom. The minimum absolute atomic E-state index is 0.00538. The molecular weight excluding hydrogens is 1140 g/mol. The number of benzene rings is 8. The monoisotopic (exact) mass is 1230 g/mol. The molecule has 4 fully saturated rings. The molecule has 0 atom stereocenters. The van der Waals surface area contributed by atoms with Crippen molar-refractivity contribution in [3.8, 4) is 44.5 Å². The van der Waals surface area contributed by atoms with Gasteiger partial charge in [0.2, 0.25) is 0 Å². The summed E-state index contributed by atoms with van der Waals surface area (Å²) in [5.74, 6) is 0. The Morgan fingerprint density at radius 1 is 0.196 bits per heavy atom. The zero-order valence-corrected chi connectivity index (χ0v) is 55.9. The highest BCUT2D eigenvalue weighted by molar-refractivity contribution is 5.68. The van der Waals surface area contributed by atoms with E-state index in [2.05, 4.69) is 222 Å². The van der Waals surface area contributed by atoms with E-state index in [0.29, 0.717) is 0 Å². The minimum atomic E-state index is -0.535. The van der Waals surface area contributed by atoms with Gasteiger partial charge in [0.15, 0.2) is 0 Å². The van der Waals surface area contributed by atoms with Crippen molar-refractivity contribution in [3.05, 3.63) is 239 Å². The van der Waals surface area contributed by atoms with Crippen molar-refractivity contribution < 1.29 is 37.9 Å². The molecule has 92 heavy (non-hydrogen) atoms. The fourth-order valence-corrected chi connectivity index (χ4v) is 16.9. The normalized spacial score (nSPS) is 28.6. The standard InChI is InChI=1S/C84H96O8/c1-77-41-43-78(2,44-42-77)70-27-11-63(12-28-70)65-21-37-75(38-22-65)83(91-59-87-7)53-55-84(56-54-83,92-60-88-8)76-39-23-66(24-40-76)64-15-31-72(32-16-64)80(4)47-51-82(52-48-80,90-58-86-6)74-35-19-68(20-36-74)67-17-33-73(34-18-67)81(89-57-85-5)49-45-79(3,46-50-81)71-29-13-62(14-30-71)61-9-25-69(77)26-10-61/h9-40H,41-60H2,1-8H3. The van der Waals surface area contributed by atoms with Crippen molar-refractivity contribution in [1.82, 2.24) is 0 Å². The minimum Gasteiger partial charge on any atom is -0.359 e. The average molecular weight is 1230 g/mol. The first-order valence-electron chi connectivity index (χ1n) is 34.0. The Labute approximate surface area is 548 Å². The summed E-state index contributed by atoms with van der Waals surface area (Å²) in [6.07, 6.45) is 15.3. The first-order chi connectivity index (χ1) is 44.6. The molecule has 24 bridgehead atoms. The maximum Gasteiger partial charge on any atom is 0.147 e. The van der Waals surface area contributed by atoms with Crippen LogP contribution in [-0.4, -0.2) is 55.6 Å². The summed E-state index contributed by atoms with van der Waals surface area (Å²) < 4.78 is 49.4. The first-order valence-corrected chi connectivity index (χ1v) is 34.0. The highest BCUT2D eigenvalue weighted by Gasteiger charge is 2.48. The molecule has 0 amide bonds. The lowest BCUT2D eigenvalue weighted by molar-refractivity contribution is -0.203. The largest absolute Gasteiger partial charge is 0.359 e. The van der Waals surface area contributed by atoms with E-state index in [9.17, 15) is 0 Å². The number of rotatable bonds is 12. The highest BCUT2D eigenvalue weighted by Crippen LogP contribution is 2.54. The smallest absolute Gasteiger partial charge is 0.147 e. The van der Waals surface area contributed by atoms with Crippen LogP contribution in [0.15, 0.2) is 194 Å². The second kappa shape index (κ2) is 26.3. The summed E-state index contributed by atoms with van der Waals surface area (Å²) >= 11 is 0. The number of ether oxygens (including phenoxy) is 8. The van der Waals surface area contributed by atoms with Gasteiger partial charge in [0.1, 0.15) is 27.2 Å². The van der Waals surface area contributed by atoms with Gasteiger partial charge >= 0.3 is 0 Å². The van der Waals surface area contributed by atoms with Gasteiger partial charge in [-0.2, -0.15) is 0 Å². The highest BCUT2D eigenvalue weighted by atomic mass is 16.7. The van der Waals surface area contributed by atoms with Gasteiger partial charge in [-0.1, -0.05) is 222 Å². The maximum atomic E-state index is 6.76. The summed E-state index contributed by atoms with van der Waals surface area (Å²) in [6, 6.07) is 74.0. The van der Waals surface area contributed by atoms with Crippen molar-refractivity contribution in [2.75, 3.05) is 55.6 Å². The molecule has 23 aliphatic carbocycles. The summed E-state index contributed by atoms with van der Waals surface area (Å²) in [4.78, 5) is 0. The van der Waals surface area contributed by atoms with Gasteiger partial charge in [0.05, 0.1) is 22.4 Å². The van der Waals surface area contributed by atoms with Gasteiger partial charge in [-0.05, 0) is 213 Å². The molecule has 0 radical (unpaired) electrons. The zero-order valence-electron chi connectivity index (χ0n) is 55.9. The Morgan fingerprint density at radius 2 is 0.326 bits per heavy atom.